The molecule has 2 amide bonds. The highest BCUT2D eigenvalue weighted by Gasteiger charge is 2.33. The average Bonchev–Trinajstić information content (AvgIpc) is 2.87. The van der Waals surface area contributed by atoms with E-state index in [1.165, 1.54) is 42.2 Å². The first-order valence-electron chi connectivity index (χ1n) is 12.0. The number of likely N-dealkylation sites (N-methyl/N-ethyl adjacent to an activating group) is 1. The third-order valence-electron chi connectivity index (χ3n) is 6.09. The van der Waals surface area contributed by atoms with E-state index in [1.807, 2.05) is 6.92 Å². The topological polar surface area (TPSA) is 86.8 Å². The van der Waals surface area contributed by atoms with Crippen molar-refractivity contribution in [3.05, 3.63) is 95.3 Å². The van der Waals surface area contributed by atoms with Gasteiger partial charge < -0.3 is 10.2 Å². The van der Waals surface area contributed by atoms with Crippen LogP contribution in [0, 0.1) is 19.7 Å². The van der Waals surface area contributed by atoms with E-state index in [2.05, 4.69) is 5.32 Å². The molecule has 0 aliphatic carbocycles. The molecule has 0 aliphatic rings. The Morgan fingerprint density at radius 1 is 0.946 bits per heavy atom. The zero-order valence-corrected chi connectivity index (χ0v) is 22.3. The lowest BCUT2D eigenvalue weighted by Gasteiger charge is -2.32. The molecule has 0 aromatic heterocycles. The van der Waals surface area contributed by atoms with Gasteiger partial charge in [0, 0.05) is 18.7 Å². The van der Waals surface area contributed by atoms with Crippen LogP contribution in [-0.2, 0) is 26.2 Å². The molecule has 1 atom stereocenters. The van der Waals surface area contributed by atoms with Crippen molar-refractivity contribution in [1.82, 2.24) is 10.2 Å². The molecular weight excluding hydrogens is 493 g/mol. The number of anilines is 1. The quantitative estimate of drug-likeness (QED) is 0.430. The Balaban J connectivity index is 2.05. The standard InChI is InChI=1S/C28H32FN3O4S/c1-5-30-28(34)22(4)31(18-23-11-7-8-12-25(23)29)27(33)19-32(26-13-9-6-10-21(26)3)37(35,36)24-16-14-20(2)15-17-24/h6-17,22H,5,18-19H2,1-4H3,(H,30,34). The first-order valence-corrected chi connectivity index (χ1v) is 13.5. The summed E-state index contributed by atoms with van der Waals surface area (Å²) in [5, 5.41) is 2.68. The molecule has 0 heterocycles. The first-order chi connectivity index (χ1) is 17.6. The Kier molecular flexibility index (Phi) is 9.04. The fourth-order valence-corrected chi connectivity index (χ4v) is 5.39. The lowest BCUT2D eigenvalue weighted by molar-refractivity contribution is -0.139. The van der Waals surface area contributed by atoms with E-state index in [0.29, 0.717) is 17.8 Å². The normalized spacial score (nSPS) is 12.0. The minimum atomic E-state index is -4.15. The predicted octanol–water partition coefficient (Wildman–Crippen LogP) is 4.19. The van der Waals surface area contributed by atoms with E-state index in [9.17, 15) is 22.4 Å². The van der Waals surface area contributed by atoms with Crippen LogP contribution in [0.2, 0.25) is 0 Å². The smallest absolute Gasteiger partial charge is 0.264 e. The summed E-state index contributed by atoms with van der Waals surface area (Å²) < 4.78 is 43.1. The Bertz CT molecular complexity index is 1360. The van der Waals surface area contributed by atoms with Crippen LogP contribution < -0.4 is 9.62 Å². The highest BCUT2D eigenvalue weighted by Crippen LogP contribution is 2.27. The Morgan fingerprint density at radius 2 is 1.57 bits per heavy atom. The average molecular weight is 526 g/mol. The summed E-state index contributed by atoms with van der Waals surface area (Å²) in [4.78, 5) is 27.7. The van der Waals surface area contributed by atoms with Crippen molar-refractivity contribution in [2.75, 3.05) is 17.4 Å². The van der Waals surface area contributed by atoms with Crippen LogP contribution in [0.1, 0.15) is 30.5 Å². The molecule has 0 fully saturated rings. The molecule has 0 aliphatic heterocycles. The van der Waals surface area contributed by atoms with Gasteiger partial charge in [-0.2, -0.15) is 0 Å². The third-order valence-corrected chi connectivity index (χ3v) is 7.86. The van der Waals surface area contributed by atoms with E-state index in [-0.39, 0.29) is 17.0 Å². The molecule has 7 nitrogen and oxygen atoms in total. The molecule has 0 spiro atoms. The van der Waals surface area contributed by atoms with E-state index in [0.717, 1.165) is 9.87 Å². The number of rotatable bonds is 10. The highest BCUT2D eigenvalue weighted by molar-refractivity contribution is 7.92. The number of sulfonamides is 1. The van der Waals surface area contributed by atoms with Crippen LogP contribution in [0.25, 0.3) is 0 Å². The summed E-state index contributed by atoms with van der Waals surface area (Å²) in [7, 11) is -4.15. The van der Waals surface area contributed by atoms with E-state index in [4.69, 9.17) is 0 Å². The van der Waals surface area contributed by atoms with Crippen molar-refractivity contribution >= 4 is 27.5 Å². The summed E-state index contributed by atoms with van der Waals surface area (Å²) in [5.74, 6) is -1.58. The number of halogens is 1. The van der Waals surface area contributed by atoms with Gasteiger partial charge >= 0.3 is 0 Å². The number of carbonyl (C=O) groups excluding carboxylic acids is 2. The lowest BCUT2D eigenvalue weighted by atomic mass is 10.1. The predicted molar refractivity (Wildman–Crippen MR) is 142 cm³/mol. The number of nitrogens with zero attached hydrogens (tertiary/aromatic N) is 2. The van der Waals surface area contributed by atoms with Crippen LogP contribution >= 0.6 is 0 Å². The lowest BCUT2D eigenvalue weighted by Crippen LogP contribution is -2.51. The molecular formula is C28H32FN3O4S. The number of para-hydroxylation sites is 1. The van der Waals surface area contributed by atoms with Crippen molar-refractivity contribution in [2.45, 2.75) is 45.2 Å². The molecule has 3 aromatic rings. The highest BCUT2D eigenvalue weighted by atomic mass is 32.2. The minimum Gasteiger partial charge on any atom is -0.355 e. The van der Waals surface area contributed by atoms with E-state index in [1.54, 1.807) is 56.3 Å². The fraction of sp³-hybridized carbons (Fsp3) is 0.286. The molecule has 0 saturated carbocycles. The zero-order valence-electron chi connectivity index (χ0n) is 21.4. The second kappa shape index (κ2) is 12.0. The van der Waals surface area contributed by atoms with Crippen LogP contribution in [0.5, 0.6) is 0 Å². The van der Waals surface area contributed by atoms with Gasteiger partial charge in [-0.1, -0.05) is 54.1 Å². The van der Waals surface area contributed by atoms with E-state index >= 15 is 0 Å². The van der Waals surface area contributed by atoms with Gasteiger partial charge in [0.2, 0.25) is 11.8 Å². The Morgan fingerprint density at radius 3 is 2.19 bits per heavy atom. The monoisotopic (exact) mass is 525 g/mol. The molecule has 0 bridgehead atoms. The minimum absolute atomic E-state index is 0.0339. The molecule has 0 radical (unpaired) electrons. The number of hydrogen-bond donors (Lipinski definition) is 1. The number of nitrogens with one attached hydrogen (secondary N) is 1. The van der Waals surface area contributed by atoms with Gasteiger partial charge in [0.1, 0.15) is 18.4 Å². The molecule has 1 N–H and O–H groups in total. The van der Waals surface area contributed by atoms with Crippen molar-refractivity contribution in [1.29, 1.82) is 0 Å². The molecule has 0 saturated heterocycles. The molecule has 1 unspecified atom stereocenters. The third kappa shape index (κ3) is 6.54. The number of hydrogen-bond acceptors (Lipinski definition) is 4. The second-order valence-electron chi connectivity index (χ2n) is 8.79. The first kappa shape index (κ1) is 27.9. The van der Waals surface area contributed by atoms with Gasteiger partial charge in [-0.05, 0) is 57.5 Å². The zero-order chi connectivity index (χ0) is 27.2. The molecule has 37 heavy (non-hydrogen) atoms. The van der Waals surface area contributed by atoms with Crippen LogP contribution in [0.3, 0.4) is 0 Å². The number of amides is 2. The van der Waals surface area contributed by atoms with Crippen molar-refractivity contribution in [2.24, 2.45) is 0 Å². The van der Waals surface area contributed by atoms with Gasteiger partial charge in [-0.15, -0.1) is 0 Å². The van der Waals surface area contributed by atoms with Crippen LogP contribution in [0.4, 0.5) is 10.1 Å². The van der Waals surface area contributed by atoms with E-state index < -0.39 is 40.2 Å². The largest absolute Gasteiger partial charge is 0.355 e. The second-order valence-corrected chi connectivity index (χ2v) is 10.7. The van der Waals surface area contributed by atoms with Crippen LogP contribution in [-0.4, -0.2) is 44.3 Å². The maximum atomic E-state index is 14.5. The van der Waals surface area contributed by atoms with Gasteiger partial charge in [0.25, 0.3) is 10.0 Å². The van der Waals surface area contributed by atoms with Gasteiger partial charge in [0.05, 0.1) is 10.6 Å². The van der Waals surface area contributed by atoms with Crippen molar-refractivity contribution in [3.8, 4) is 0 Å². The van der Waals surface area contributed by atoms with Crippen LogP contribution in [0.15, 0.2) is 77.7 Å². The maximum Gasteiger partial charge on any atom is 0.264 e. The number of aryl methyl sites for hydroxylation is 2. The summed E-state index contributed by atoms with van der Waals surface area (Å²) in [6.45, 7) is 6.48. The van der Waals surface area contributed by atoms with Gasteiger partial charge in [0.15, 0.2) is 0 Å². The fourth-order valence-electron chi connectivity index (χ4n) is 3.91. The molecule has 196 valence electrons. The summed E-state index contributed by atoms with van der Waals surface area (Å²) >= 11 is 0. The van der Waals surface area contributed by atoms with Crippen molar-refractivity contribution in [3.63, 3.8) is 0 Å². The summed E-state index contributed by atoms with van der Waals surface area (Å²) in [5.41, 5.74) is 2.11. The Labute approximate surface area is 218 Å². The SMILES string of the molecule is CCNC(=O)C(C)N(Cc1ccccc1F)C(=O)CN(c1ccccc1C)S(=O)(=O)c1ccc(C)cc1. The van der Waals surface area contributed by atoms with Gasteiger partial charge in [-0.25, -0.2) is 12.8 Å². The van der Waals surface area contributed by atoms with Gasteiger partial charge in [-0.3, -0.25) is 13.9 Å². The maximum absolute atomic E-state index is 14.5. The Hall–Kier alpha value is -3.72. The number of benzene rings is 3. The molecule has 9 heteroatoms. The number of carbonyl (C=O) groups is 2. The summed E-state index contributed by atoms with van der Waals surface area (Å²) in [6.07, 6.45) is 0. The molecule has 3 rings (SSSR count). The van der Waals surface area contributed by atoms with Crippen molar-refractivity contribution < 1.29 is 22.4 Å². The summed E-state index contributed by atoms with van der Waals surface area (Å²) in [6, 6.07) is 18.2. The molecule has 3 aromatic carbocycles.